The number of amides is 2. The van der Waals surface area contributed by atoms with E-state index in [2.05, 4.69) is 20.9 Å². The molecule has 7 nitrogen and oxygen atoms in total. The summed E-state index contributed by atoms with van der Waals surface area (Å²) in [6, 6.07) is 14.8. The van der Waals surface area contributed by atoms with Crippen molar-refractivity contribution in [1.82, 2.24) is 25.6 Å². The number of nitrogens with zero attached hydrogens (tertiary/aromatic N) is 3. The minimum Gasteiger partial charge on any atom is -0.267 e. The van der Waals surface area contributed by atoms with E-state index in [9.17, 15) is 9.59 Å². The van der Waals surface area contributed by atoms with Crippen LogP contribution in [0, 0.1) is 6.92 Å². The zero-order chi connectivity index (χ0) is 18.8. The number of hydrogen-bond acceptors (Lipinski definition) is 5. The number of aryl methyl sites for hydroxylation is 1. The number of hydrazine groups is 1. The molecule has 2 N–H and O–H groups in total. The first-order valence-corrected chi connectivity index (χ1v) is 9.00. The Labute approximate surface area is 158 Å². The van der Waals surface area contributed by atoms with Crippen LogP contribution >= 0.6 is 11.3 Å². The summed E-state index contributed by atoms with van der Waals surface area (Å²) in [5.74, 6) is -0.809. The highest BCUT2D eigenvalue weighted by Crippen LogP contribution is 2.30. The fraction of sp³-hybridized carbons (Fsp3) is 0.0526. The number of para-hydroxylation sites is 1. The van der Waals surface area contributed by atoms with Gasteiger partial charge in [-0.25, -0.2) is 4.68 Å². The molecule has 3 heterocycles. The number of fused-ring (bicyclic) bond motifs is 1. The second-order valence-corrected chi connectivity index (χ2v) is 6.84. The van der Waals surface area contributed by atoms with Gasteiger partial charge >= 0.3 is 0 Å². The zero-order valence-electron chi connectivity index (χ0n) is 14.3. The highest BCUT2D eigenvalue weighted by atomic mass is 32.1. The van der Waals surface area contributed by atoms with Gasteiger partial charge in [0.2, 0.25) is 0 Å². The maximum absolute atomic E-state index is 12.4. The van der Waals surface area contributed by atoms with Gasteiger partial charge in [0.1, 0.15) is 4.83 Å². The molecular weight excluding hydrogens is 362 g/mol. The van der Waals surface area contributed by atoms with Crippen molar-refractivity contribution in [3.63, 3.8) is 0 Å². The average Bonchev–Trinajstić information content (AvgIpc) is 3.28. The molecule has 0 atom stereocenters. The van der Waals surface area contributed by atoms with Crippen LogP contribution in [-0.2, 0) is 0 Å². The summed E-state index contributed by atoms with van der Waals surface area (Å²) in [6.45, 7) is 1.90. The van der Waals surface area contributed by atoms with Crippen molar-refractivity contribution in [2.45, 2.75) is 6.92 Å². The third kappa shape index (κ3) is 3.30. The first-order valence-electron chi connectivity index (χ1n) is 8.19. The van der Waals surface area contributed by atoms with Crippen molar-refractivity contribution in [3.05, 3.63) is 77.1 Å². The second kappa shape index (κ2) is 7.00. The fourth-order valence-corrected chi connectivity index (χ4v) is 3.73. The lowest BCUT2D eigenvalue weighted by Crippen LogP contribution is -2.41. The number of aromatic nitrogens is 3. The maximum atomic E-state index is 12.4. The summed E-state index contributed by atoms with van der Waals surface area (Å²) in [6.07, 6.45) is 3.00. The number of benzene rings is 1. The number of carbonyl (C=O) groups excluding carboxylic acids is 2. The first-order chi connectivity index (χ1) is 13.1. The molecule has 1 aromatic carbocycles. The van der Waals surface area contributed by atoms with Crippen LogP contribution in [-0.4, -0.2) is 26.6 Å². The van der Waals surface area contributed by atoms with E-state index in [-0.39, 0.29) is 5.91 Å². The van der Waals surface area contributed by atoms with Gasteiger partial charge in [-0.2, -0.15) is 5.10 Å². The number of hydrogen-bond donors (Lipinski definition) is 2. The lowest BCUT2D eigenvalue weighted by atomic mass is 10.3. The Kier molecular flexibility index (Phi) is 4.39. The minimum atomic E-state index is -0.427. The molecule has 4 rings (SSSR count). The summed E-state index contributed by atoms with van der Waals surface area (Å²) in [7, 11) is 0. The number of nitrogens with one attached hydrogen (secondary N) is 2. The third-order valence-electron chi connectivity index (χ3n) is 3.98. The molecule has 0 spiro atoms. The molecular formula is C19H15N5O2S. The summed E-state index contributed by atoms with van der Waals surface area (Å²) in [5.41, 5.74) is 6.97. The summed E-state index contributed by atoms with van der Waals surface area (Å²) in [4.78, 5) is 29.7. The van der Waals surface area contributed by atoms with Crippen LogP contribution in [0.3, 0.4) is 0 Å². The van der Waals surface area contributed by atoms with Crippen molar-refractivity contribution in [2.75, 3.05) is 0 Å². The minimum absolute atomic E-state index is 0.365. The van der Waals surface area contributed by atoms with Crippen LogP contribution in [0.5, 0.6) is 0 Å². The van der Waals surface area contributed by atoms with Crippen molar-refractivity contribution < 1.29 is 9.59 Å². The quantitative estimate of drug-likeness (QED) is 0.537. The van der Waals surface area contributed by atoms with Gasteiger partial charge in [-0.15, -0.1) is 11.3 Å². The van der Waals surface area contributed by atoms with Gasteiger partial charge in [0, 0.05) is 17.8 Å². The second-order valence-electron chi connectivity index (χ2n) is 5.81. The average molecular weight is 377 g/mol. The predicted octanol–water partition coefficient (Wildman–Crippen LogP) is 2.87. The van der Waals surface area contributed by atoms with Gasteiger partial charge in [-0.05, 0) is 37.3 Å². The van der Waals surface area contributed by atoms with E-state index in [0.29, 0.717) is 10.4 Å². The van der Waals surface area contributed by atoms with Crippen molar-refractivity contribution in [2.24, 2.45) is 0 Å². The maximum Gasteiger partial charge on any atom is 0.279 e. The SMILES string of the molecule is Cc1nn(-c2ccccc2)c2sc(C(=O)NNC(=O)c3cccnc3)cc12. The fourth-order valence-electron chi connectivity index (χ4n) is 2.65. The monoisotopic (exact) mass is 377 g/mol. The Balaban J connectivity index is 1.55. The molecule has 2 amide bonds. The molecule has 3 aromatic heterocycles. The highest BCUT2D eigenvalue weighted by Gasteiger charge is 2.17. The van der Waals surface area contributed by atoms with Gasteiger partial charge in [-0.1, -0.05) is 18.2 Å². The van der Waals surface area contributed by atoms with E-state index in [1.165, 1.54) is 17.5 Å². The van der Waals surface area contributed by atoms with E-state index in [4.69, 9.17) is 0 Å². The molecule has 0 bridgehead atoms. The highest BCUT2D eigenvalue weighted by molar-refractivity contribution is 7.20. The molecule has 0 aliphatic carbocycles. The van der Waals surface area contributed by atoms with Gasteiger partial charge < -0.3 is 0 Å². The van der Waals surface area contributed by atoms with Gasteiger partial charge in [0.05, 0.1) is 21.8 Å². The van der Waals surface area contributed by atoms with Crippen LogP contribution in [0.25, 0.3) is 15.9 Å². The Bertz CT molecular complexity index is 1120. The Morgan fingerprint density at radius 1 is 1.04 bits per heavy atom. The third-order valence-corrected chi connectivity index (χ3v) is 5.09. The Morgan fingerprint density at radius 3 is 2.56 bits per heavy atom. The number of rotatable bonds is 3. The Morgan fingerprint density at radius 2 is 1.81 bits per heavy atom. The lowest BCUT2D eigenvalue weighted by molar-refractivity contribution is 0.0848. The van der Waals surface area contributed by atoms with Crippen LogP contribution in [0.2, 0.25) is 0 Å². The van der Waals surface area contributed by atoms with Crippen molar-refractivity contribution >= 4 is 33.4 Å². The predicted molar refractivity (Wildman–Crippen MR) is 103 cm³/mol. The number of carbonyl (C=O) groups is 2. The topological polar surface area (TPSA) is 88.9 Å². The molecule has 0 aliphatic heterocycles. The largest absolute Gasteiger partial charge is 0.279 e. The van der Waals surface area contributed by atoms with E-state index >= 15 is 0 Å². The molecule has 0 aliphatic rings. The van der Waals surface area contributed by atoms with Gasteiger partial charge in [0.15, 0.2) is 0 Å². The summed E-state index contributed by atoms with van der Waals surface area (Å²) < 4.78 is 1.82. The van der Waals surface area contributed by atoms with Gasteiger partial charge in [-0.3, -0.25) is 25.4 Å². The molecule has 8 heteroatoms. The smallest absolute Gasteiger partial charge is 0.267 e. The van der Waals surface area contributed by atoms with Crippen LogP contribution < -0.4 is 10.9 Å². The van der Waals surface area contributed by atoms with Crippen LogP contribution in [0.15, 0.2) is 60.9 Å². The number of pyridine rings is 1. The van der Waals surface area contributed by atoms with Gasteiger partial charge in [0.25, 0.3) is 11.8 Å². The van der Waals surface area contributed by atoms with E-state index in [1.807, 2.05) is 41.9 Å². The normalized spacial score (nSPS) is 10.7. The standard InChI is InChI=1S/C19H15N5O2S/c1-12-15-10-16(18(26)22-21-17(25)13-6-5-9-20-11-13)27-19(15)24(23-12)14-7-3-2-4-8-14/h2-11H,1H3,(H,21,25)(H,22,26). The molecule has 0 radical (unpaired) electrons. The van der Waals surface area contributed by atoms with E-state index in [1.54, 1.807) is 24.4 Å². The van der Waals surface area contributed by atoms with Crippen molar-refractivity contribution in [3.8, 4) is 5.69 Å². The summed E-state index contributed by atoms with van der Waals surface area (Å²) in [5, 5.41) is 5.46. The molecule has 0 fully saturated rings. The summed E-state index contributed by atoms with van der Waals surface area (Å²) >= 11 is 1.32. The van der Waals surface area contributed by atoms with Crippen LogP contribution in [0.4, 0.5) is 0 Å². The zero-order valence-corrected chi connectivity index (χ0v) is 15.2. The lowest BCUT2D eigenvalue weighted by Gasteiger charge is -2.05. The van der Waals surface area contributed by atoms with E-state index < -0.39 is 5.91 Å². The molecule has 134 valence electrons. The van der Waals surface area contributed by atoms with Crippen LogP contribution in [0.1, 0.15) is 25.7 Å². The molecule has 4 aromatic rings. The molecule has 0 unspecified atom stereocenters. The van der Waals surface area contributed by atoms with Crippen molar-refractivity contribution in [1.29, 1.82) is 0 Å². The Hall–Kier alpha value is -3.52. The van der Waals surface area contributed by atoms with E-state index in [0.717, 1.165) is 21.6 Å². The molecule has 27 heavy (non-hydrogen) atoms. The molecule has 0 saturated carbocycles. The molecule has 0 saturated heterocycles. The number of thiophene rings is 1. The first kappa shape index (κ1) is 16.9.